The van der Waals surface area contributed by atoms with E-state index in [1.807, 2.05) is 30.5 Å². The van der Waals surface area contributed by atoms with Crippen LogP contribution in [0.5, 0.6) is 0 Å². The van der Waals surface area contributed by atoms with Crippen molar-refractivity contribution < 1.29 is 9.13 Å². The summed E-state index contributed by atoms with van der Waals surface area (Å²) in [6, 6.07) is 23.2. The van der Waals surface area contributed by atoms with Crippen molar-refractivity contribution in [3.63, 3.8) is 0 Å². The predicted octanol–water partition coefficient (Wildman–Crippen LogP) is 5.64. The monoisotopic (exact) mass is 527 g/mol. The van der Waals surface area contributed by atoms with Gasteiger partial charge in [-0.15, -0.1) is 0 Å². The molecule has 2 atom stereocenters. The summed E-state index contributed by atoms with van der Waals surface area (Å²) in [6.45, 7) is 7.41. The third kappa shape index (κ3) is 4.44. The van der Waals surface area contributed by atoms with Gasteiger partial charge in [-0.2, -0.15) is 0 Å². The molecule has 4 aromatic rings. The molecule has 0 radical (unpaired) electrons. The first-order chi connectivity index (χ1) is 18.5. The Labute approximate surface area is 227 Å². The minimum Gasteiger partial charge on any atom is -0.378 e. The van der Waals surface area contributed by atoms with Crippen molar-refractivity contribution in [2.45, 2.75) is 25.9 Å². The van der Waals surface area contributed by atoms with E-state index in [9.17, 15) is 4.39 Å². The number of ether oxygens (including phenoxy) is 1. The fourth-order valence-corrected chi connectivity index (χ4v) is 6.04. The summed E-state index contributed by atoms with van der Waals surface area (Å²) in [5, 5.41) is 4.20. The molecule has 0 spiro atoms. The molecule has 0 unspecified atom stereocenters. The topological polar surface area (TPSA) is 45.6 Å². The second kappa shape index (κ2) is 10.2. The van der Waals surface area contributed by atoms with E-state index >= 15 is 0 Å². The van der Waals surface area contributed by atoms with Crippen molar-refractivity contribution in [1.82, 2.24) is 14.9 Å². The number of hydrogen-bond acceptors (Lipinski definition) is 4. The van der Waals surface area contributed by atoms with Crippen LogP contribution < -0.4 is 15.1 Å². The van der Waals surface area contributed by atoms with Gasteiger partial charge in [-0.25, -0.2) is 4.39 Å². The van der Waals surface area contributed by atoms with E-state index in [2.05, 4.69) is 68.8 Å². The Morgan fingerprint density at radius 2 is 1.68 bits per heavy atom. The maximum atomic E-state index is 14.1. The Bertz CT molecular complexity index is 1450. The molecule has 0 amide bonds. The van der Waals surface area contributed by atoms with Crippen LogP contribution in [0.25, 0.3) is 5.69 Å². The number of aryl methyl sites for hydroxylation is 1. The maximum absolute atomic E-state index is 14.1. The first kappa shape index (κ1) is 24.6. The summed E-state index contributed by atoms with van der Waals surface area (Å²) in [5.41, 5.74) is 7.10. The number of benzene rings is 2. The Hall–Kier alpha value is -3.75. The number of aromatic nitrogens is 2. The van der Waals surface area contributed by atoms with Gasteiger partial charge in [0.25, 0.3) is 0 Å². The number of rotatable bonds is 5. The van der Waals surface area contributed by atoms with Crippen molar-refractivity contribution >= 4 is 28.7 Å². The summed E-state index contributed by atoms with van der Waals surface area (Å²) in [4.78, 5) is 9.21. The number of halogens is 1. The smallest absolute Gasteiger partial charge is 0.174 e. The Morgan fingerprint density at radius 1 is 0.921 bits per heavy atom. The predicted molar refractivity (Wildman–Crippen MR) is 153 cm³/mol. The zero-order valence-electron chi connectivity index (χ0n) is 21.5. The largest absolute Gasteiger partial charge is 0.378 e. The van der Waals surface area contributed by atoms with Crippen LogP contribution in [-0.4, -0.2) is 41.0 Å². The van der Waals surface area contributed by atoms with Gasteiger partial charge in [-0.05, 0) is 92.3 Å². The van der Waals surface area contributed by atoms with Gasteiger partial charge in [0.15, 0.2) is 5.11 Å². The fraction of sp³-hybridized carbons (Fsp3) is 0.267. The summed E-state index contributed by atoms with van der Waals surface area (Å²) in [7, 11) is 0. The lowest BCUT2D eigenvalue weighted by molar-refractivity contribution is 0.122. The number of thiocarbonyl (C=S) groups is 1. The molecule has 2 fully saturated rings. The number of hydrogen-bond donors (Lipinski definition) is 1. The average molecular weight is 528 g/mol. The summed E-state index contributed by atoms with van der Waals surface area (Å²) < 4.78 is 21.8. The average Bonchev–Trinajstić information content (AvgIpc) is 3.44. The number of pyridine rings is 1. The summed E-state index contributed by atoms with van der Waals surface area (Å²) in [5.74, 6) is -0.256. The number of morpholine rings is 1. The van der Waals surface area contributed by atoms with Gasteiger partial charge in [0.1, 0.15) is 5.82 Å². The van der Waals surface area contributed by atoms with E-state index in [0.717, 1.165) is 60.3 Å². The molecule has 38 heavy (non-hydrogen) atoms. The number of nitrogens with zero attached hydrogens (tertiary/aromatic N) is 4. The molecule has 4 heterocycles. The van der Waals surface area contributed by atoms with Crippen molar-refractivity contribution in [3.8, 4) is 5.69 Å². The molecule has 6 rings (SSSR count). The van der Waals surface area contributed by atoms with Gasteiger partial charge < -0.3 is 24.4 Å². The quantitative estimate of drug-likeness (QED) is 0.339. The van der Waals surface area contributed by atoms with Gasteiger partial charge in [0.2, 0.25) is 0 Å². The lowest BCUT2D eigenvalue weighted by Gasteiger charge is -2.31. The molecule has 0 aliphatic carbocycles. The second-order valence-electron chi connectivity index (χ2n) is 9.75. The van der Waals surface area contributed by atoms with E-state index in [1.54, 1.807) is 12.1 Å². The highest BCUT2D eigenvalue weighted by atomic mass is 32.1. The minimum absolute atomic E-state index is 0.139. The SMILES string of the molecule is Cc1cc([C@H]2[C@H](c3ccccn3)NC(=S)N2c2ccc(N3CCOCC3)cc2)c(C)n1-c1cccc(F)c1. The maximum Gasteiger partial charge on any atom is 0.174 e. The van der Waals surface area contributed by atoms with Crippen LogP contribution in [-0.2, 0) is 4.74 Å². The van der Waals surface area contributed by atoms with E-state index in [4.69, 9.17) is 17.0 Å². The Morgan fingerprint density at radius 3 is 2.39 bits per heavy atom. The molecule has 2 saturated heterocycles. The van der Waals surface area contributed by atoms with Crippen molar-refractivity contribution in [1.29, 1.82) is 0 Å². The van der Waals surface area contributed by atoms with E-state index in [-0.39, 0.29) is 17.9 Å². The van der Waals surface area contributed by atoms with Gasteiger partial charge in [0, 0.05) is 47.7 Å². The number of nitrogens with one attached hydrogen (secondary N) is 1. The van der Waals surface area contributed by atoms with Crippen molar-refractivity contribution in [2.75, 3.05) is 36.1 Å². The molecular formula is C30H30FN5OS. The summed E-state index contributed by atoms with van der Waals surface area (Å²) in [6.07, 6.45) is 1.81. The normalized spacial score (nSPS) is 19.6. The molecule has 8 heteroatoms. The molecule has 1 N–H and O–H groups in total. The van der Waals surface area contributed by atoms with Crippen molar-refractivity contribution in [3.05, 3.63) is 107 Å². The molecule has 2 aliphatic rings. The number of anilines is 2. The van der Waals surface area contributed by atoms with E-state index < -0.39 is 0 Å². The third-order valence-electron chi connectivity index (χ3n) is 7.46. The highest BCUT2D eigenvalue weighted by Gasteiger charge is 2.42. The first-order valence-corrected chi connectivity index (χ1v) is 13.3. The molecule has 2 aliphatic heterocycles. The molecular weight excluding hydrogens is 497 g/mol. The Kier molecular flexibility index (Phi) is 6.59. The first-order valence-electron chi connectivity index (χ1n) is 12.9. The highest BCUT2D eigenvalue weighted by Crippen LogP contribution is 2.44. The van der Waals surface area contributed by atoms with Crippen LogP contribution in [0.15, 0.2) is 79.0 Å². The van der Waals surface area contributed by atoms with Crippen LogP contribution in [0.2, 0.25) is 0 Å². The van der Waals surface area contributed by atoms with Crippen molar-refractivity contribution in [2.24, 2.45) is 0 Å². The standard InChI is InChI=1S/C30H30FN5OS/c1-20-18-26(21(2)35(20)25-7-5-6-22(31)19-25)29-28(27-8-3-4-13-32-27)33-30(38)36(29)24-11-9-23(10-12-24)34-14-16-37-17-15-34/h3-13,18-19,28-29H,14-17H2,1-2H3,(H,33,38)/t28-,29-/m0/s1. The minimum atomic E-state index is -0.256. The molecule has 2 aromatic carbocycles. The summed E-state index contributed by atoms with van der Waals surface area (Å²) >= 11 is 5.93. The third-order valence-corrected chi connectivity index (χ3v) is 7.77. The Balaban J connectivity index is 1.43. The van der Waals surface area contributed by atoms with Crippen LogP contribution >= 0.6 is 12.2 Å². The fourth-order valence-electron chi connectivity index (χ4n) is 5.69. The van der Waals surface area contributed by atoms with Gasteiger partial charge in [-0.1, -0.05) is 12.1 Å². The zero-order valence-corrected chi connectivity index (χ0v) is 22.3. The van der Waals surface area contributed by atoms with Gasteiger partial charge in [0.05, 0.1) is 31.0 Å². The molecule has 2 aromatic heterocycles. The molecule has 0 saturated carbocycles. The van der Waals surface area contributed by atoms with Gasteiger partial charge >= 0.3 is 0 Å². The molecule has 0 bridgehead atoms. The molecule has 6 nitrogen and oxygen atoms in total. The van der Waals surface area contributed by atoms with E-state index in [1.165, 1.54) is 11.8 Å². The zero-order chi connectivity index (χ0) is 26.2. The lowest BCUT2D eigenvalue weighted by Crippen LogP contribution is -2.36. The second-order valence-corrected chi connectivity index (χ2v) is 10.1. The lowest BCUT2D eigenvalue weighted by atomic mass is 9.96. The highest BCUT2D eigenvalue weighted by molar-refractivity contribution is 7.80. The molecule has 194 valence electrons. The van der Waals surface area contributed by atoms with Crippen LogP contribution in [0, 0.1) is 19.7 Å². The van der Waals surface area contributed by atoms with Crippen LogP contribution in [0.1, 0.15) is 34.7 Å². The van der Waals surface area contributed by atoms with Crippen LogP contribution in [0.3, 0.4) is 0 Å². The van der Waals surface area contributed by atoms with Crippen LogP contribution in [0.4, 0.5) is 15.8 Å². The van der Waals surface area contributed by atoms with E-state index in [0.29, 0.717) is 5.11 Å². The van der Waals surface area contributed by atoms with Gasteiger partial charge in [-0.3, -0.25) is 4.98 Å².